The normalized spacial score (nSPS) is 29.0. The van der Waals surface area contributed by atoms with Crippen LogP contribution in [0.5, 0.6) is 5.75 Å². The summed E-state index contributed by atoms with van der Waals surface area (Å²) in [5, 5.41) is 19.6. The molecule has 2 N–H and O–H groups in total. The van der Waals surface area contributed by atoms with Gasteiger partial charge in [-0.15, -0.1) is 0 Å². The number of hydrogen-bond donors (Lipinski definition) is 2. The smallest absolute Gasteiger partial charge is 0.227 e. The number of carbonyl (C=O) groups excluding carboxylic acids is 1. The van der Waals surface area contributed by atoms with Crippen LogP contribution in [0.15, 0.2) is 24.3 Å². The standard InChI is InChI=1S/C17H23NO3/c19-13-5-1-4-12(10-13)11-17(21)18-9-3-7-15(18)14-6-2-8-16(14)20/h1,4-5,10,14-16,19-20H,2-3,6-9,11H2. The van der Waals surface area contributed by atoms with Crippen molar-refractivity contribution >= 4 is 5.91 Å². The summed E-state index contributed by atoms with van der Waals surface area (Å²) in [6.45, 7) is 0.797. The first-order valence-electron chi connectivity index (χ1n) is 7.90. The molecule has 1 aliphatic heterocycles. The molecule has 0 bridgehead atoms. The van der Waals surface area contributed by atoms with E-state index in [0.29, 0.717) is 6.42 Å². The lowest BCUT2D eigenvalue weighted by Gasteiger charge is -2.31. The van der Waals surface area contributed by atoms with E-state index in [2.05, 4.69) is 0 Å². The summed E-state index contributed by atoms with van der Waals surface area (Å²) in [6, 6.07) is 7.09. The second-order valence-corrected chi connectivity index (χ2v) is 6.31. The second kappa shape index (κ2) is 6.06. The van der Waals surface area contributed by atoms with Gasteiger partial charge in [-0.25, -0.2) is 0 Å². The van der Waals surface area contributed by atoms with Crippen molar-refractivity contribution in [3.05, 3.63) is 29.8 Å². The largest absolute Gasteiger partial charge is 0.508 e. The first kappa shape index (κ1) is 14.4. The molecule has 3 rings (SSSR count). The lowest BCUT2D eigenvalue weighted by Crippen LogP contribution is -2.43. The van der Waals surface area contributed by atoms with Crippen LogP contribution in [0.1, 0.15) is 37.7 Å². The molecule has 1 aliphatic carbocycles. The molecule has 1 aromatic rings. The van der Waals surface area contributed by atoms with E-state index in [0.717, 1.165) is 44.2 Å². The zero-order chi connectivity index (χ0) is 14.8. The molecule has 1 heterocycles. The van der Waals surface area contributed by atoms with E-state index in [-0.39, 0.29) is 29.7 Å². The average molecular weight is 289 g/mol. The van der Waals surface area contributed by atoms with Crippen LogP contribution in [0.4, 0.5) is 0 Å². The Morgan fingerprint density at radius 3 is 2.81 bits per heavy atom. The van der Waals surface area contributed by atoms with Crippen molar-refractivity contribution in [3.8, 4) is 5.75 Å². The summed E-state index contributed by atoms with van der Waals surface area (Å²) < 4.78 is 0. The molecule has 1 saturated carbocycles. The fourth-order valence-electron chi connectivity index (χ4n) is 3.91. The Bertz CT molecular complexity index is 517. The van der Waals surface area contributed by atoms with E-state index in [1.165, 1.54) is 0 Å². The SMILES string of the molecule is O=C(Cc1cccc(O)c1)N1CCCC1C1CCCC1O. The molecule has 21 heavy (non-hydrogen) atoms. The maximum absolute atomic E-state index is 12.6. The predicted octanol–water partition coefficient (Wildman–Crippen LogP) is 2.09. The molecular weight excluding hydrogens is 266 g/mol. The van der Waals surface area contributed by atoms with Crippen LogP contribution in [0.2, 0.25) is 0 Å². The van der Waals surface area contributed by atoms with Gasteiger partial charge in [-0.3, -0.25) is 4.79 Å². The van der Waals surface area contributed by atoms with Gasteiger partial charge in [0.2, 0.25) is 5.91 Å². The Hall–Kier alpha value is -1.55. The van der Waals surface area contributed by atoms with Crippen molar-refractivity contribution in [2.45, 2.75) is 50.7 Å². The third-order valence-corrected chi connectivity index (χ3v) is 4.91. The number of aliphatic hydroxyl groups excluding tert-OH is 1. The minimum Gasteiger partial charge on any atom is -0.508 e. The van der Waals surface area contributed by atoms with Gasteiger partial charge in [0.25, 0.3) is 0 Å². The highest BCUT2D eigenvalue weighted by Gasteiger charge is 2.39. The van der Waals surface area contributed by atoms with E-state index in [9.17, 15) is 15.0 Å². The van der Waals surface area contributed by atoms with Gasteiger partial charge in [-0.2, -0.15) is 0 Å². The van der Waals surface area contributed by atoms with Gasteiger partial charge >= 0.3 is 0 Å². The average Bonchev–Trinajstić information content (AvgIpc) is 3.06. The number of aromatic hydroxyl groups is 1. The van der Waals surface area contributed by atoms with Gasteiger partial charge in [0.05, 0.1) is 12.5 Å². The van der Waals surface area contributed by atoms with Gasteiger partial charge in [0.15, 0.2) is 0 Å². The molecular formula is C17H23NO3. The summed E-state index contributed by atoms with van der Waals surface area (Å²) in [5.41, 5.74) is 0.845. The zero-order valence-electron chi connectivity index (χ0n) is 12.2. The molecule has 4 heteroatoms. The molecule has 1 aromatic carbocycles. The number of nitrogens with zero attached hydrogens (tertiary/aromatic N) is 1. The summed E-state index contributed by atoms with van der Waals surface area (Å²) in [7, 11) is 0. The van der Waals surface area contributed by atoms with Crippen LogP contribution in [0.25, 0.3) is 0 Å². The van der Waals surface area contributed by atoms with E-state index >= 15 is 0 Å². The predicted molar refractivity (Wildman–Crippen MR) is 79.9 cm³/mol. The fraction of sp³-hybridized carbons (Fsp3) is 0.588. The van der Waals surface area contributed by atoms with E-state index in [1.807, 2.05) is 11.0 Å². The third kappa shape index (κ3) is 3.05. The number of likely N-dealkylation sites (tertiary alicyclic amines) is 1. The minimum absolute atomic E-state index is 0.113. The van der Waals surface area contributed by atoms with Crippen molar-refractivity contribution in [1.82, 2.24) is 4.90 Å². The molecule has 1 amide bonds. The van der Waals surface area contributed by atoms with Crippen molar-refractivity contribution in [1.29, 1.82) is 0 Å². The van der Waals surface area contributed by atoms with Crippen LogP contribution < -0.4 is 0 Å². The van der Waals surface area contributed by atoms with Crippen molar-refractivity contribution in [2.75, 3.05) is 6.54 Å². The van der Waals surface area contributed by atoms with Crippen molar-refractivity contribution in [3.63, 3.8) is 0 Å². The number of aliphatic hydroxyl groups is 1. The number of benzene rings is 1. The van der Waals surface area contributed by atoms with Crippen LogP contribution in [0.3, 0.4) is 0 Å². The molecule has 3 atom stereocenters. The highest BCUT2D eigenvalue weighted by Crippen LogP contribution is 2.36. The Morgan fingerprint density at radius 2 is 2.10 bits per heavy atom. The van der Waals surface area contributed by atoms with Crippen molar-refractivity contribution < 1.29 is 15.0 Å². The van der Waals surface area contributed by atoms with Gasteiger partial charge in [-0.1, -0.05) is 18.6 Å². The Labute approximate surface area is 125 Å². The summed E-state index contributed by atoms with van der Waals surface area (Å²) in [4.78, 5) is 14.5. The lowest BCUT2D eigenvalue weighted by molar-refractivity contribution is -0.132. The molecule has 1 saturated heterocycles. The minimum atomic E-state index is -0.246. The Kier molecular flexibility index (Phi) is 4.15. The van der Waals surface area contributed by atoms with Crippen LogP contribution in [-0.4, -0.2) is 39.7 Å². The fourth-order valence-corrected chi connectivity index (χ4v) is 3.91. The zero-order valence-corrected chi connectivity index (χ0v) is 12.2. The molecule has 0 radical (unpaired) electrons. The van der Waals surface area contributed by atoms with Gasteiger partial charge in [0, 0.05) is 18.5 Å². The van der Waals surface area contributed by atoms with Crippen molar-refractivity contribution in [2.24, 2.45) is 5.92 Å². The lowest BCUT2D eigenvalue weighted by atomic mass is 9.93. The maximum Gasteiger partial charge on any atom is 0.227 e. The highest BCUT2D eigenvalue weighted by molar-refractivity contribution is 5.79. The Morgan fingerprint density at radius 1 is 1.24 bits per heavy atom. The number of hydrogen-bond acceptors (Lipinski definition) is 3. The molecule has 0 aromatic heterocycles. The van der Waals surface area contributed by atoms with Crippen LogP contribution in [-0.2, 0) is 11.2 Å². The molecule has 3 unspecified atom stereocenters. The van der Waals surface area contributed by atoms with E-state index in [4.69, 9.17) is 0 Å². The van der Waals surface area contributed by atoms with Crippen LogP contribution in [0, 0.1) is 5.92 Å². The molecule has 2 aliphatic rings. The molecule has 2 fully saturated rings. The van der Waals surface area contributed by atoms with Gasteiger partial charge in [0.1, 0.15) is 5.75 Å². The summed E-state index contributed by atoms with van der Waals surface area (Å²) in [6.07, 6.45) is 5.08. The quantitative estimate of drug-likeness (QED) is 0.895. The number of phenolic OH excluding ortho intramolecular Hbond substituents is 1. The number of carbonyl (C=O) groups is 1. The summed E-state index contributed by atoms with van der Waals surface area (Å²) >= 11 is 0. The molecule has 114 valence electrons. The van der Waals surface area contributed by atoms with Gasteiger partial charge in [-0.05, 0) is 43.4 Å². The first-order chi connectivity index (χ1) is 10.1. The number of phenols is 1. The van der Waals surface area contributed by atoms with E-state index in [1.54, 1.807) is 18.2 Å². The number of amides is 1. The Balaban J connectivity index is 1.68. The molecule has 4 nitrogen and oxygen atoms in total. The molecule has 0 spiro atoms. The number of rotatable bonds is 3. The highest BCUT2D eigenvalue weighted by atomic mass is 16.3. The topological polar surface area (TPSA) is 60.8 Å². The first-order valence-corrected chi connectivity index (χ1v) is 7.90. The second-order valence-electron chi connectivity index (χ2n) is 6.31. The van der Waals surface area contributed by atoms with Crippen LogP contribution >= 0.6 is 0 Å². The summed E-state index contributed by atoms with van der Waals surface area (Å²) in [5.74, 6) is 0.562. The van der Waals surface area contributed by atoms with E-state index < -0.39 is 0 Å². The monoisotopic (exact) mass is 289 g/mol. The third-order valence-electron chi connectivity index (χ3n) is 4.91. The maximum atomic E-state index is 12.6. The van der Waals surface area contributed by atoms with Gasteiger partial charge < -0.3 is 15.1 Å².